The first-order valence-corrected chi connectivity index (χ1v) is 8.69. The maximum Gasteiger partial charge on any atom is 0.407 e. The molecule has 0 aromatic heterocycles. The third-order valence-electron chi connectivity index (χ3n) is 4.67. The third kappa shape index (κ3) is 4.51. The highest BCUT2D eigenvalue weighted by Crippen LogP contribution is 2.27. The summed E-state index contributed by atoms with van der Waals surface area (Å²) < 4.78 is 0. The summed E-state index contributed by atoms with van der Waals surface area (Å²) in [5, 5.41) is 12.5. The maximum absolute atomic E-state index is 12.3. The van der Waals surface area contributed by atoms with Crippen LogP contribution in [0.15, 0.2) is 24.3 Å². The lowest BCUT2D eigenvalue weighted by molar-refractivity contribution is -0.134. The summed E-state index contributed by atoms with van der Waals surface area (Å²) in [6.45, 7) is 5.25. The molecule has 3 amide bonds. The Labute approximate surface area is 152 Å². The molecule has 2 unspecified atom stereocenters. The number of likely N-dealkylation sites (N-methyl/N-ethyl adjacent to an activating group) is 1. The minimum absolute atomic E-state index is 0.117. The molecule has 0 saturated carbocycles. The molecule has 4 N–H and O–H groups in total. The van der Waals surface area contributed by atoms with Crippen molar-refractivity contribution >= 4 is 17.9 Å². The van der Waals surface area contributed by atoms with Gasteiger partial charge >= 0.3 is 6.09 Å². The van der Waals surface area contributed by atoms with Crippen LogP contribution in [-0.4, -0.2) is 71.6 Å². The summed E-state index contributed by atoms with van der Waals surface area (Å²) in [5.74, 6) is -1.54. The van der Waals surface area contributed by atoms with Crippen LogP contribution in [-0.2, 0) is 9.59 Å². The maximum atomic E-state index is 12.3. The number of carboxylic acid groups (broad SMARTS) is 1. The molecule has 1 saturated heterocycles. The van der Waals surface area contributed by atoms with E-state index >= 15 is 0 Å². The largest absolute Gasteiger partial charge is 0.465 e. The van der Waals surface area contributed by atoms with Crippen LogP contribution < -0.4 is 11.1 Å². The van der Waals surface area contributed by atoms with E-state index in [2.05, 4.69) is 5.32 Å². The molecule has 8 heteroatoms. The minimum Gasteiger partial charge on any atom is -0.465 e. The first kappa shape index (κ1) is 19.7. The predicted molar refractivity (Wildman–Crippen MR) is 96.8 cm³/mol. The number of nitrogens with one attached hydrogen (secondary N) is 1. The molecule has 0 bridgehead atoms. The van der Waals surface area contributed by atoms with Crippen LogP contribution in [0.5, 0.6) is 0 Å². The normalized spacial score (nSPS) is 18.5. The van der Waals surface area contributed by atoms with Gasteiger partial charge in [-0.2, -0.15) is 0 Å². The zero-order chi connectivity index (χ0) is 19.3. The van der Waals surface area contributed by atoms with Gasteiger partial charge in [-0.1, -0.05) is 36.8 Å². The van der Waals surface area contributed by atoms with Gasteiger partial charge in [0.15, 0.2) is 0 Å². The molecule has 0 radical (unpaired) electrons. The van der Waals surface area contributed by atoms with Crippen molar-refractivity contribution in [1.29, 1.82) is 0 Å². The van der Waals surface area contributed by atoms with Gasteiger partial charge in [-0.05, 0) is 19.0 Å². The van der Waals surface area contributed by atoms with Crippen molar-refractivity contribution in [1.82, 2.24) is 15.1 Å². The lowest BCUT2D eigenvalue weighted by Gasteiger charge is -2.42. The van der Waals surface area contributed by atoms with E-state index < -0.39 is 24.0 Å². The number of amides is 3. The Morgan fingerprint density at radius 3 is 2.46 bits per heavy atom. The van der Waals surface area contributed by atoms with Crippen molar-refractivity contribution in [2.24, 2.45) is 5.73 Å². The van der Waals surface area contributed by atoms with Gasteiger partial charge in [-0.25, -0.2) is 4.79 Å². The van der Waals surface area contributed by atoms with Crippen LogP contribution in [0.3, 0.4) is 0 Å². The van der Waals surface area contributed by atoms with E-state index in [4.69, 9.17) is 5.73 Å². The Kier molecular flexibility index (Phi) is 6.57. The smallest absolute Gasteiger partial charge is 0.407 e. The molecule has 1 aliphatic heterocycles. The Hall–Kier alpha value is -2.61. The van der Waals surface area contributed by atoms with E-state index in [1.165, 1.54) is 4.90 Å². The van der Waals surface area contributed by atoms with Crippen LogP contribution in [0.1, 0.15) is 24.0 Å². The van der Waals surface area contributed by atoms with Gasteiger partial charge < -0.3 is 26.0 Å². The summed E-state index contributed by atoms with van der Waals surface area (Å²) in [6, 6.07) is 6.56. The molecule has 1 fully saturated rings. The first-order valence-electron chi connectivity index (χ1n) is 8.69. The third-order valence-corrected chi connectivity index (χ3v) is 4.67. The number of aryl methyl sites for hydroxylation is 1. The second kappa shape index (κ2) is 8.66. The fraction of sp³-hybridized carbons (Fsp3) is 0.500. The van der Waals surface area contributed by atoms with Gasteiger partial charge in [0.2, 0.25) is 11.8 Å². The number of piperazine rings is 1. The van der Waals surface area contributed by atoms with Crippen LogP contribution in [0.2, 0.25) is 0 Å². The van der Waals surface area contributed by atoms with Gasteiger partial charge in [-0.3, -0.25) is 9.59 Å². The average molecular weight is 362 g/mol. The number of nitrogens with zero attached hydrogens (tertiary/aromatic N) is 2. The Bertz CT molecular complexity index is 662. The summed E-state index contributed by atoms with van der Waals surface area (Å²) >= 11 is 0. The number of hydrogen-bond donors (Lipinski definition) is 3. The molecule has 142 valence electrons. The predicted octanol–water partition coefficient (Wildman–Crippen LogP) is 0.364. The van der Waals surface area contributed by atoms with Crippen LogP contribution in [0.25, 0.3) is 0 Å². The standard InChI is InChI=1S/C18H26N4O4/c1-3-20-10-15(23)21-8-9-22(18(25)26)14(11-21)16(17(19)24)13-6-4-12(2)5-7-13/h4-7,14,16,20H,3,8-11H2,1-2H3,(H2,19,24)(H,25,26). The van der Waals surface area contributed by atoms with E-state index in [0.29, 0.717) is 18.7 Å². The highest BCUT2D eigenvalue weighted by Gasteiger charge is 2.40. The topological polar surface area (TPSA) is 116 Å². The van der Waals surface area contributed by atoms with Crippen LogP contribution in [0, 0.1) is 6.92 Å². The fourth-order valence-corrected chi connectivity index (χ4v) is 3.25. The molecular formula is C18H26N4O4. The lowest BCUT2D eigenvalue weighted by atomic mass is 9.88. The van der Waals surface area contributed by atoms with E-state index in [-0.39, 0.29) is 25.5 Å². The summed E-state index contributed by atoms with van der Waals surface area (Å²) in [5.41, 5.74) is 7.31. The van der Waals surface area contributed by atoms with Gasteiger partial charge in [0.25, 0.3) is 0 Å². The van der Waals surface area contributed by atoms with Gasteiger partial charge in [-0.15, -0.1) is 0 Å². The molecule has 1 heterocycles. The Morgan fingerprint density at radius 2 is 1.92 bits per heavy atom. The molecule has 2 atom stereocenters. The Morgan fingerprint density at radius 1 is 1.27 bits per heavy atom. The quantitative estimate of drug-likeness (QED) is 0.676. The number of rotatable bonds is 6. The summed E-state index contributed by atoms with van der Waals surface area (Å²) in [7, 11) is 0. The molecule has 26 heavy (non-hydrogen) atoms. The second-order valence-electron chi connectivity index (χ2n) is 6.45. The highest BCUT2D eigenvalue weighted by atomic mass is 16.4. The fourth-order valence-electron chi connectivity index (χ4n) is 3.25. The second-order valence-corrected chi connectivity index (χ2v) is 6.45. The van der Waals surface area contributed by atoms with Crippen LogP contribution >= 0.6 is 0 Å². The average Bonchev–Trinajstić information content (AvgIpc) is 2.61. The zero-order valence-corrected chi connectivity index (χ0v) is 15.1. The van der Waals surface area contributed by atoms with Crippen molar-refractivity contribution in [2.45, 2.75) is 25.8 Å². The number of carbonyl (C=O) groups is 3. The van der Waals surface area contributed by atoms with E-state index in [1.807, 2.05) is 26.0 Å². The van der Waals surface area contributed by atoms with E-state index in [9.17, 15) is 19.5 Å². The van der Waals surface area contributed by atoms with Crippen molar-refractivity contribution in [3.63, 3.8) is 0 Å². The minimum atomic E-state index is -1.12. The van der Waals surface area contributed by atoms with Gasteiger partial charge in [0.1, 0.15) is 0 Å². The van der Waals surface area contributed by atoms with E-state index in [0.717, 1.165) is 5.56 Å². The monoisotopic (exact) mass is 362 g/mol. The highest BCUT2D eigenvalue weighted by molar-refractivity contribution is 5.84. The summed E-state index contributed by atoms with van der Waals surface area (Å²) in [6.07, 6.45) is -1.12. The zero-order valence-electron chi connectivity index (χ0n) is 15.1. The number of hydrogen-bond acceptors (Lipinski definition) is 4. The lowest BCUT2D eigenvalue weighted by Crippen LogP contribution is -2.60. The number of nitrogens with two attached hydrogens (primary N) is 1. The first-order chi connectivity index (χ1) is 12.3. The van der Waals surface area contributed by atoms with Gasteiger partial charge in [0.05, 0.1) is 18.5 Å². The van der Waals surface area contributed by atoms with E-state index in [1.54, 1.807) is 17.0 Å². The molecule has 1 aromatic carbocycles. The van der Waals surface area contributed by atoms with Gasteiger partial charge in [0, 0.05) is 19.6 Å². The number of primary amides is 1. The molecule has 2 rings (SSSR count). The Balaban J connectivity index is 2.30. The molecular weight excluding hydrogens is 336 g/mol. The molecule has 1 aliphatic rings. The van der Waals surface area contributed by atoms with Crippen molar-refractivity contribution < 1.29 is 19.5 Å². The van der Waals surface area contributed by atoms with Crippen LogP contribution in [0.4, 0.5) is 4.79 Å². The molecule has 0 aliphatic carbocycles. The number of benzene rings is 1. The van der Waals surface area contributed by atoms with Crippen molar-refractivity contribution in [3.05, 3.63) is 35.4 Å². The molecule has 0 spiro atoms. The van der Waals surface area contributed by atoms with Crippen molar-refractivity contribution in [2.75, 3.05) is 32.7 Å². The SMILES string of the molecule is CCNCC(=O)N1CCN(C(=O)O)C(C(C(N)=O)c2ccc(C)cc2)C1. The van der Waals surface area contributed by atoms with Crippen molar-refractivity contribution in [3.8, 4) is 0 Å². The summed E-state index contributed by atoms with van der Waals surface area (Å²) in [4.78, 5) is 39.0. The molecule has 1 aromatic rings. The number of carbonyl (C=O) groups excluding carboxylic acids is 2. The molecule has 8 nitrogen and oxygen atoms in total.